The number of urea groups is 1. The van der Waals surface area contributed by atoms with E-state index in [1.54, 1.807) is 12.7 Å². The van der Waals surface area contributed by atoms with Crippen LogP contribution in [-0.4, -0.2) is 45.3 Å². The van der Waals surface area contributed by atoms with Crippen molar-refractivity contribution in [3.05, 3.63) is 12.7 Å². The Morgan fingerprint density at radius 2 is 2.22 bits per heavy atom. The van der Waals surface area contributed by atoms with E-state index in [1.165, 1.54) is 6.42 Å². The smallest absolute Gasteiger partial charge is 0.317 e. The zero-order valence-electron chi connectivity index (χ0n) is 15.0. The highest BCUT2D eigenvalue weighted by Crippen LogP contribution is 2.25. The van der Waals surface area contributed by atoms with Crippen LogP contribution in [0, 0.1) is 11.3 Å². The van der Waals surface area contributed by atoms with Gasteiger partial charge >= 0.3 is 6.03 Å². The fourth-order valence-corrected chi connectivity index (χ4v) is 3.45. The third kappa shape index (κ3) is 5.84. The predicted molar refractivity (Wildman–Crippen MR) is 91.1 cm³/mol. The minimum atomic E-state index is 0.0535. The number of nitrogens with one attached hydrogen (secondary N) is 1. The molecule has 1 saturated heterocycles. The van der Waals surface area contributed by atoms with Crippen LogP contribution in [0.15, 0.2) is 12.7 Å². The number of nitrogens with zero attached hydrogens (tertiary/aromatic N) is 4. The number of aromatic nitrogens is 3. The molecule has 0 aromatic carbocycles. The van der Waals surface area contributed by atoms with Gasteiger partial charge in [0.25, 0.3) is 0 Å². The molecule has 2 atom stereocenters. The van der Waals surface area contributed by atoms with Crippen molar-refractivity contribution < 1.29 is 4.79 Å². The Hall–Kier alpha value is -1.59. The van der Waals surface area contributed by atoms with Gasteiger partial charge in [0.05, 0.1) is 6.04 Å². The maximum absolute atomic E-state index is 12.3. The lowest BCUT2D eigenvalue weighted by atomic mass is 9.84. The van der Waals surface area contributed by atoms with Crippen LogP contribution in [-0.2, 0) is 0 Å². The van der Waals surface area contributed by atoms with Crippen molar-refractivity contribution in [1.29, 1.82) is 0 Å². The molecule has 0 spiro atoms. The van der Waals surface area contributed by atoms with Gasteiger partial charge in [0.15, 0.2) is 0 Å². The molecule has 1 N–H and O–H groups in total. The molecule has 0 bridgehead atoms. The molecule has 2 amide bonds. The molecule has 130 valence electrons. The van der Waals surface area contributed by atoms with Crippen molar-refractivity contribution >= 4 is 6.03 Å². The summed E-state index contributed by atoms with van der Waals surface area (Å²) in [7, 11) is 0. The highest BCUT2D eigenvalue weighted by molar-refractivity contribution is 5.74. The van der Waals surface area contributed by atoms with Crippen LogP contribution >= 0.6 is 0 Å². The van der Waals surface area contributed by atoms with Gasteiger partial charge < -0.3 is 10.2 Å². The maximum Gasteiger partial charge on any atom is 0.317 e. The number of hydrogen-bond donors (Lipinski definition) is 1. The lowest BCUT2D eigenvalue weighted by Crippen LogP contribution is -2.46. The normalized spacial score (nSPS) is 20.3. The van der Waals surface area contributed by atoms with Gasteiger partial charge in [-0.05, 0) is 37.0 Å². The van der Waals surface area contributed by atoms with Crippen molar-refractivity contribution in [3.63, 3.8) is 0 Å². The lowest BCUT2D eigenvalue weighted by Gasteiger charge is -2.32. The molecule has 6 heteroatoms. The Morgan fingerprint density at radius 3 is 2.87 bits per heavy atom. The summed E-state index contributed by atoms with van der Waals surface area (Å²) in [5.74, 6) is 0.625. The summed E-state index contributed by atoms with van der Waals surface area (Å²) in [6, 6.07) is 0.301. The van der Waals surface area contributed by atoms with Crippen LogP contribution in [0.4, 0.5) is 4.79 Å². The van der Waals surface area contributed by atoms with Crippen molar-refractivity contribution in [2.75, 3.05) is 19.6 Å². The third-order valence-electron chi connectivity index (χ3n) is 4.37. The van der Waals surface area contributed by atoms with E-state index in [9.17, 15) is 4.79 Å². The van der Waals surface area contributed by atoms with Crippen molar-refractivity contribution in [1.82, 2.24) is 25.0 Å². The van der Waals surface area contributed by atoms with Gasteiger partial charge in [0, 0.05) is 19.6 Å². The Balaban J connectivity index is 1.73. The summed E-state index contributed by atoms with van der Waals surface area (Å²) in [5.41, 5.74) is 0.349. The van der Waals surface area contributed by atoms with Crippen molar-refractivity contribution in [2.24, 2.45) is 11.3 Å². The van der Waals surface area contributed by atoms with Crippen LogP contribution in [0.1, 0.15) is 59.4 Å². The first-order valence-corrected chi connectivity index (χ1v) is 8.72. The van der Waals surface area contributed by atoms with E-state index in [0.29, 0.717) is 17.9 Å². The molecule has 23 heavy (non-hydrogen) atoms. The van der Waals surface area contributed by atoms with Crippen LogP contribution in [0.3, 0.4) is 0 Å². The van der Waals surface area contributed by atoms with Gasteiger partial charge in [-0.3, -0.25) is 0 Å². The lowest BCUT2D eigenvalue weighted by molar-refractivity contribution is 0.162. The summed E-state index contributed by atoms with van der Waals surface area (Å²) in [6.07, 6.45) is 7.56. The second-order valence-corrected chi connectivity index (χ2v) is 8.01. The predicted octanol–water partition coefficient (Wildman–Crippen LogP) is 3.09. The summed E-state index contributed by atoms with van der Waals surface area (Å²) in [5, 5.41) is 7.28. The Kier molecular flexibility index (Phi) is 6.02. The number of piperidine rings is 1. The van der Waals surface area contributed by atoms with Crippen LogP contribution in [0.5, 0.6) is 0 Å². The molecule has 0 radical (unpaired) electrons. The molecule has 1 aliphatic heterocycles. The Labute approximate surface area is 139 Å². The average molecular weight is 321 g/mol. The minimum Gasteiger partial charge on any atom is -0.338 e. The Bertz CT molecular complexity index is 480. The SMILES string of the molecule is C[C@H](CCNC(=O)N1CCC[C@@H](n2cncn2)C1)CC(C)(C)C. The summed E-state index contributed by atoms with van der Waals surface area (Å²) < 4.78 is 1.87. The van der Waals surface area contributed by atoms with E-state index >= 15 is 0 Å². The second-order valence-electron chi connectivity index (χ2n) is 8.01. The van der Waals surface area contributed by atoms with Gasteiger partial charge in [-0.15, -0.1) is 0 Å². The number of carbonyl (C=O) groups excluding carboxylic acids is 1. The molecule has 6 nitrogen and oxygen atoms in total. The maximum atomic E-state index is 12.3. The first-order chi connectivity index (χ1) is 10.8. The molecule has 0 unspecified atom stereocenters. The number of rotatable bonds is 5. The van der Waals surface area contributed by atoms with Crippen LogP contribution < -0.4 is 5.32 Å². The standard InChI is InChI=1S/C17H31N5O/c1-14(10-17(2,3)4)7-8-19-16(23)21-9-5-6-15(11-21)22-13-18-12-20-22/h12-15H,5-11H2,1-4H3,(H,19,23)/t14-,15-/m1/s1. The van der Waals surface area contributed by atoms with Crippen LogP contribution in [0.2, 0.25) is 0 Å². The van der Waals surface area contributed by atoms with Gasteiger partial charge in [0.1, 0.15) is 12.7 Å². The van der Waals surface area contributed by atoms with Crippen molar-refractivity contribution in [3.8, 4) is 0 Å². The molecule has 1 aliphatic rings. The van der Waals surface area contributed by atoms with E-state index in [1.807, 2.05) is 9.58 Å². The van der Waals surface area contributed by atoms with Gasteiger partial charge in [-0.25, -0.2) is 14.5 Å². The zero-order valence-corrected chi connectivity index (χ0v) is 15.0. The van der Waals surface area contributed by atoms with Gasteiger partial charge in [-0.1, -0.05) is 27.7 Å². The molecule has 1 aromatic heterocycles. The molecule has 2 rings (SSSR count). The first-order valence-electron chi connectivity index (χ1n) is 8.72. The second kappa shape index (κ2) is 7.79. The summed E-state index contributed by atoms with van der Waals surface area (Å²) >= 11 is 0. The largest absolute Gasteiger partial charge is 0.338 e. The van der Waals surface area contributed by atoms with E-state index in [-0.39, 0.29) is 12.1 Å². The molecule has 2 heterocycles. The number of likely N-dealkylation sites (tertiary alicyclic amines) is 1. The molecular formula is C17H31N5O. The van der Waals surface area contributed by atoms with Crippen molar-refractivity contribution in [2.45, 2.75) is 59.4 Å². The highest BCUT2D eigenvalue weighted by Gasteiger charge is 2.25. The fourth-order valence-electron chi connectivity index (χ4n) is 3.45. The number of carbonyl (C=O) groups is 1. The van der Waals surface area contributed by atoms with E-state index < -0.39 is 0 Å². The molecule has 1 fully saturated rings. The van der Waals surface area contributed by atoms with E-state index in [4.69, 9.17) is 0 Å². The monoisotopic (exact) mass is 321 g/mol. The summed E-state index contributed by atoms with van der Waals surface area (Å²) in [6.45, 7) is 11.3. The van der Waals surface area contributed by atoms with E-state index in [0.717, 1.165) is 32.4 Å². The van der Waals surface area contributed by atoms with Crippen LogP contribution in [0.25, 0.3) is 0 Å². The highest BCUT2D eigenvalue weighted by atomic mass is 16.2. The Morgan fingerprint density at radius 1 is 1.43 bits per heavy atom. The van der Waals surface area contributed by atoms with Gasteiger partial charge in [0.2, 0.25) is 0 Å². The molecule has 1 aromatic rings. The first kappa shape index (κ1) is 17.8. The minimum absolute atomic E-state index is 0.0535. The molecule has 0 saturated carbocycles. The third-order valence-corrected chi connectivity index (χ3v) is 4.37. The quantitative estimate of drug-likeness (QED) is 0.906. The topological polar surface area (TPSA) is 63.1 Å². The van der Waals surface area contributed by atoms with E-state index in [2.05, 4.69) is 43.1 Å². The molecular weight excluding hydrogens is 290 g/mol. The summed E-state index contributed by atoms with van der Waals surface area (Å²) in [4.78, 5) is 18.3. The average Bonchev–Trinajstić information content (AvgIpc) is 2.99. The molecule has 0 aliphatic carbocycles. The number of amides is 2. The van der Waals surface area contributed by atoms with Gasteiger partial charge in [-0.2, -0.15) is 5.10 Å². The zero-order chi connectivity index (χ0) is 16.9. The number of hydrogen-bond acceptors (Lipinski definition) is 3. The fraction of sp³-hybridized carbons (Fsp3) is 0.824.